The van der Waals surface area contributed by atoms with Crippen molar-refractivity contribution in [2.75, 3.05) is 6.54 Å². The number of nitrogens with zero attached hydrogens (tertiary/aromatic N) is 2. The first-order valence-corrected chi connectivity index (χ1v) is 7.50. The van der Waals surface area contributed by atoms with Gasteiger partial charge in [-0.15, -0.1) is 0 Å². The quantitative estimate of drug-likeness (QED) is 0.840. The van der Waals surface area contributed by atoms with E-state index in [-0.39, 0.29) is 0 Å². The highest BCUT2D eigenvalue weighted by Crippen LogP contribution is 2.27. The second kappa shape index (κ2) is 6.93. The summed E-state index contributed by atoms with van der Waals surface area (Å²) in [7, 11) is 1.99. The molecule has 1 N–H and O–H groups in total. The Hall–Kier alpha value is -0.830. The van der Waals surface area contributed by atoms with Gasteiger partial charge in [0.15, 0.2) is 0 Å². The van der Waals surface area contributed by atoms with Gasteiger partial charge in [0.05, 0.1) is 5.69 Å². The minimum atomic E-state index is 0.605. The summed E-state index contributed by atoms with van der Waals surface area (Å²) < 4.78 is 1.90. The van der Waals surface area contributed by atoms with E-state index in [9.17, 15) is 0 Å². The van der Waals surface area contributed by atoms with Gasteiger partial charge in [0, 0.05) is 25.7 Å². The zero-order valence-corrected chi connectivity index (χ0v) is 11.9. The van der Waals surface area contributed by atoms with Crippen LogP contribution in [-0.2, 0) is 13.5 Å². The molecule has 0 spiro atoms. The lowest BCUT2D eigenvalue weighted by molar-refractivity contribution is 0.297. The van der Waals surface area contributed by atoms with Gasteiger partial charge in [0.1, 0.15) is 0 Å². The van der Waals surface area contributed by atoms with Crippen molar-refractivity contribution >= 4 is 0 Å². The van der Waals surface area contributed by atoms with Gasteiger partial charge in [-0.1, -0.05) is 39.0 Å². The lowest BCUT2D eigenvalue weighted by atomic mass is 9.84. The molecule has 0 bridgehead atoms. The molecule has 0 amide bonds. The Morgan fingerprint density at radius 1 is 1.39 bits per heavy atom. The fourth-order valence-corrected chi connectivity index (χ4v) is 3.18. The largest absolute Gasteiger partial charge is 0.314 e. The minimum absolute atomic E-state index is 0.605. The van der Waals surface area contributed by atoms with Crippen LogP contribution in [0.25, 0.3) is 0 Å². The summed E-state index contributed by atoms with van der Waals surface area (Å²) in [5.41, 5.74) is 1.22. The molecule has 1 aliphatic rings. The molecular weight excluding hydrogens is 222 g/mol. The molecule has 0 aromatic carbocycles. The zero-order valence-electron chi connectivity index (χ0n) is 11.9. The number of hydrogen-bond acceptors (Lipinski definition) is 2. The topological polar surface area (TPSA) is 29.9 Å². The Balaban J connectivity index is 1.86. The lowest BCUT2D eigenvalue weighted by Crippen LogP contribution is -2.33. The number of nitrogens with one attached hydrogen (secondary N) is 1. The molecule has 3 heteroatoms. The maximum absolute atomic E-state index is 4.50. The van der Waals surface area contributed by atoms with Gasteiger partial charge < -0.3 is 5.32 Å². The van der Waals surface area contributed by atoms with Crippen molar-refractivity contribution in [1.29, 1.82) is 0 Å². The van der Waals surface area contributed by atoms with Crippen LogP contribution >= 0.6 is 0 Å². The second-order valence-corrected chi connectivity index (χ2v) is 5.68. The van der Waals surface area contributed by atoms with Gasteiger partial charge >= 0.3 is 0 Å². The summed E-state index contributed by atoms with van der Waals surface area (Å²) in [6, 6.07) is 2.75. The van der Waals surface area contributed by atoms with Crippen LogP contribution in [-0.4, -0.2) is 22.4 Å². The predicted octanol–water partition coefficient (Wildman–Crippen LogP) is 2.91. The highest BCUT2D eigenvalue weighted by Gasteiger charge is 2.19. The van der Waals surface area contributed by atoms with Gasteiger partial charge in [0.25, 0.3) is 0 Å². The molecule has 102 valence electrons. The van der Waals surface area contributed by atoms with Crippen molar-refractivity contribution in [2.24, 2.45) is 13.0 Å². The van der Waals surface area contributed by atoms with Gasteiger partial charge in [0.2, 0.25) is 0 Å². The van der Waals surface area contributed by atoms with E-state index in [1.54, 1.807) is 0 Å². The number of aromatic nitrogens is 2. The number of rotatable bonds is 6. The Kier molecular flexibility index (Phi) is 5.24. The predicted molar refractivity (Wildman–Crippen MR) is 75.6 cm³/mol. The lowest BCUT2D eigenvalue weighted by Gasteiger charge is -2.26. The second-order valence-electron chi connectivity index (χ2n) is 5.68. The van der Waals surface area contributed by atoms with Crippen LogP contribution in [0.5, 0.6) is 0 Å². The molecule has 2 rings (SSSR count). The van der Waals surface area contributed by atoms with Gasteiger partial charge in [-0.3, -0.25) is 4.68 Å². The van der Waals surface area contributed by atoms with E-state index in [4.69, 9.17) is 0 Å². The van der Waals surface area contributed by atoms with Crippen LogP contribution in [0.3, 0.4) is 0 Å². The summed E-state index contributed by atoms with van der Waals surface area (Å²) in [6.45, 7) is 3.26. The third-order valence-electron chi connectivity index (χ3n) is 4.06. The Labute approximate surface area is 111 Å². The SMILES string of the molecule is CCNC(Cc1ccn(C)n1)CC1CCCCC1. The first-order valence-electron chi connectivity index (χ1n) is 7.50. The smallest absolute Gasteiger partial charge is 0.0640 e. The van der Waals surface area contributed by atoms with Crippen molar-refractivity contribution in [2.45, 2.75) is 57.9 Å². The Morgan fingerprint density at radius 2 is 2.17 bits per heavy atom. The summed E-state index contributed by atoms with van der Waals surface area (Å²) in [5.74, 6) is 0.937. The number of hydrogen-bond donors (Lipinski definition) is 1. The molecule has 1 fully saturated rings. The standard InChI is InChI=1S/C15H27N3/c1-3-16-15(11-13-7-5-4-6-8-13)12-14-9-10-18(2)17-14/h9-10,13,15-16H,3-8,11-12H2,1-2H3. The first kappa shape index (κ1) is 13.6. The molecule has 1 aromatic heterocycles. The minimum Gasteiger partial charge on any atom is -0.314 e. The van der Waals surface area contributed by atoms with E-state index < -0.39 is 0 Å². The summed E-state index contributed by atoms with van der Waals surface area (Å²) in [5, 5.41) is 8.14. The molecule has 1 atom stereocenters. The Bertz CT molecular complexity index is 339. The van der Waals surface area contributed by atoms with E-state index in [1.165, 1.54) is 44.2 Å². The van der Waals surface area contributed by atoms with Crippen molar-refractivity contribution in [3.8, 4) is 0 Å². The number of aryl methyl sites for hydroxylation is 1. The van der Waals surface area contributed by atoms with Crippen LogP contribution in [0.4, 0.5) is 0 Å². The average Bonchev–Trinajstić information content (AvgIpc) is 2.76. The maximum Gasteiger partial charge on any atom is 0.0640 e. The summed E-state index contributed by atoms with van der Waals surface area (Å²) in [4.78, 5) is 0. The van der Waals surface area contributed by atoms with Crippen LogP contribution in [0.1, 0.15) is 51.1 Å². The Morgan fingerprint density at radius 3 is 2.78 bits per heavy atom. The first-order chi connectivity index (χ1) is 8.78. The molecule has 0 radical (unpaired) electrons. The van der Waals surface area contributed by atoms with Crippen molar-refractivity contribution in [1.82, 2.24) is 15.1 Å². The van der Waals surface area contributed by atoms with Crippen LogP contribution in [0, 0.1) is 5.92 Å². The van der Waals surface area contributed by atoms with Crippen molar-refractivity contribution in [3.05, 3.63) is 18.0 Å². The van der Waals surface area contributed by atoms with E-state index in [0.29, 0.717) is 6.04 Å². The van der Waals surface area contributed by atoms with Crippen molar-refractivity contribution in [3.63, 3.8) is 0 Å². The molecule has 1 aromatic rings. The molecule has 18 heavy (non-hydrogen) atoms. The molecule has 0 saturated heterocycles. The van der Waals surface area contributed by atoms with Crippen LogP contribution in [0.15, 0.2) is 12.3 Å². The van der Waals surface area contributed by atoms with Crippen LogP contribution in [0.2, 0.25) is 0 Å². The molecule has 1 aliphatic carbocycles. The third kappa shape index (κ3) is 4.13. The van der Waals surface area contributed by atoms with E-state index >= 15 is 0 Å². The number of likely N-dealkylation sites (N-methyl/N-ethyl adjacent to an activating group) is 1. The maximum atomic E-state index is 4.50. The molecule has 1 unspecified atom stereocenters. The normalized spacial score (nSPS) is 19.0. The van der Waals surface area contributed by atoms with E-state index in [2.05, 4.69) is 23.4 Å². The van der Waals surface area contributed by atoms with Gasteiger partial charge in [-0.2, -0.15) is 5.10 Å². The van der Waals surface area contributed by atoms with Gasteiger partial charge in [-0.25, -0.2) is 0 Å². The zero-order chi connectivity index (χ0) is 12.8. The highest BCUT2D eigenvalue weighted by atomic mass is 15.2. The summed E-state index contributed by atoms with van der Waals surface area (Å²) in [6.07, 6.45) is 11.6. The fourth-order valence-electron chi connectivity index (χ4n) is 3.18. The van der Waals surface area contributed by atoms with Crippen molar-refractivity contribution < 1.29 is 0 Å². The van der Waals surface area contributed by atoms with Gasteiger partial charge in [-0.05, 0) is 24.9 Å². The molecule has 1 saturated carbocycles. The third-order valence-corrected chi connectivity index (χ3v) is 4.06. The fraction of sp³-hybridized carbons (Fsp3) is 0.800. The molecule has 3 nitrogen and oxygen atoms in total. The van der Waals surface area contributed by atoms with E-state index in [0.717, 1.165) is 18.9 Å². The molecular formula is C15H27N3. The average molecular weight is 249 g/mol. The van der Waals surface area contributed by atoms with Crippen LogP contribution < -0.4 is 5.32 Å². The van der Waals surface area contributed by atoms with E-state index in [1.807, 2.05) is 17.9 Å². The molecule has 0 aliphatic heterocycles. The monoisotopic (exact) mass is 249 g/mol. The molecule has 1 heterocycles. The highest BCUT2D eigenvalue weighted by molar-refractivity contribution is 5.01. The summed E-state index contributed by atoms with van der Waals surface area (Å²) >= 11 is 0.